The first kappa shape index (κ1) is 9.98. The van der Waals surface area contributed by atoms with Crippen LogP contribution in [-0.2, 0) is 6.42 Å². The van der Waals surface area contributed by atoms with E-state index in [1.54, 1.807) is 0 Å². The van der Waals surface area contributed by atoms with Crippen LogP contribution in [0.2, 0.25) is 0 Å². The number of halogens is 3. The van der Waals surface area contributed by atoms with Crippen LogP contribution >= 0.6 is 12.2 Å². The highest BCUT2D eigenvalue weighted by Gasteiger charge is 2.13. The molecule has 0 atom stereocenters. The smallest absolute Gasteiger partial charge is 0.194 e. The topological polar surface area (TPSA) is 26.0 Å². The maximum absolute atomic E-state index is 12.9. The number of hydrogen-bond donors (Lipinski definition) is 1. The lowest BCUT2D eigenvalue weighted by Gasteiger charge is -2.02. The van der Waals surface area contributed by atoms with Gasteiger partial charge in [0.1, 0.15) is 0 Å². The summed E-state index contributed by atoms with van der Waals surface area (Å²) in [5.74, 6) is -3.94. The predicted octanol–water partition coefficient (Wildman–Crippen LogP) is 1.93. The van der Waals surface area contributed by atoms with Crippen LogP contribution < -0.4 is 5.73 Å². The van der Waals surface area contributed by atoms with Gasteiger partial charge in [0.25, 0.3) is 0 Å². The van der Waals surface area contributed by atoms with Gasteiger partial charge in [0.05, 0.1) is 4.99 Å². The second-order valence-corrected chi connectivity index (χ2v) is 3.00. The first-order valence-corrected chi connectivity index (χ1v) is 3.84. The molecule has 0 unspecified atom stereocenters. The Balaban J connectivity index is 3.10. The van der Waals surface area contributed by atoms with E-state index in [0.29, 0.717) is 0 Å². The van der Waals surface area contributed by atoms with Crippen LogP contribution in [0.1, 0.15) is 5.56 Å². The van der Waals surface area contributed by atoms with E-state index < -0.39 is 17.5 Å². The number of rotatable bonds is 2. The van der Waals surface area contributed by atoms with Gasteiger partial charge in [0.15, 0.2) is 17.5 Å². The van der Waals surface area contributed by atoms with Gasteiger partial charge in [-0.2, -0.15) is 0 Å². The van der Waals surface area contributed by atoms with E-state index in [0.717, 1.165) is 12.1 Å². The fraction of sp³-hybridized carbons (Fsp3) is 0.125. The van der Waals surface area contributed by atoms with Crippen molar-refractivity contribution >= 4 is 17.2 Å². The Morgan fingerprint density at radius 1 is 1.23 bits per heavy atom. The first-order valence-electron chi connectivity index (χ1n) is 3.43. The molecule has 1 aromatic carbocycles. The Hall–Kier alpha value is -1.10. The van der Waals surface area contributed by atoms with Crippen LogP contribution in [-0.4, -0.2) is 4.99 Å². The molecular formula is C8H6F3NS. The lowest BCUT2D eigenvalue weighted by atomic mass is 10.1. The molecule has 0 heterocycles. The third-order valence-electron chi connectivity index (χ3n) is 1.48. The summed E-state index contributed by atoms with van der Waals surface area (Å²) in [6.07, 6.45) is -0.0711. The summed E-state index contributed by atoms with van der Waals surface area (Å²) in [5, 5.41) is 0. The van der Waals surface area contributed by atoms with Gasteiger partial charge in [0, 0.05) is 6.42 Å². The van der Waals surface area contributed by atoms with Crippen LogP contribution in [0.15, 0.2) is 12.1 Å². The second kappa shape index (κ2) is 3.74. The Morgan fingerprint density at radius 2 is 1.85 bits per heavy atom. The molecule has 0 aliphatic carbocycles. The van der Waals surface area contributed by atoms with Gasteiger partial charge >= 0.3 is 0 Å². The van der Waals surface area contributed by atoms with Crippen LogP contribution in [0.5, 0.6) is 0 Å². The molecule has 0 spiro atoms. The zero-order valence-electron chi connectivity index (χ0n) is 6.48. The Labute approximate surface area is 78.4 Å². The Kier molecular flexibility index (Phi) is 2.87. The van der Waals surface area contributed by atoms with E-state index in [4.69, 9.17) is 5.73 Å². The second-order valence-electron chi connectivity index (χ2n) is 2.48. The molecule has 1 nitrogen and oxygen atoms in total. The van der Waals surface area contributed by atoms with E-state index in [2.05, 4.69) is 12.2 Å². The summed E-state index contributed by atoms with van der Waals surface area (Å²) in [6, 6.07) is 1.96. The standard InChI is InChI=1S/C8H6F3NS/c9-5-2-1-4(3-6(12)13)7(10)8(5)11/h1-2H,3H2,(H2,12,13). The highest BCUT2D eigenvalue weighted by Crippen LogP contribution is 2.15. The molecule has 0 radical (unpaired) electrons. The van der Waals surface area contributed by atoms with Crippen molar-refractivity contribution in [1.29, 1.82) is 0 Å². The van der Waals surface area contributed by atoms with Crippen molar-refractivity contribution in [1.82, 2.24) is 0 Å². The minimum absolute atomic E-state index is 0.0323. The maximum atomic E-state index is 12.9. The highest BCUT2D eigenvalue weighted by molar-refractivity contribution is 7.80. The lowest BCUT2D eigenvalue weighted by molar-refractivity contribution is 0.442. The summed E-state index contributed by atoms with van der Waals surface area (Å²) in [4.78, 5) is 0.0323. The average Bonchev–Trinajstić information content (AvgIpc) is 2.06. The van der Waals surface area contributed by atoms with Gasteiger partial charge in [-0.1, -0.05) is 18.3 Å². The van der Waals surface area contributed by atoms with Crippen LogP contribution in [0.4, 0.5) is 13.2 Å². The summed E-state index contributed by atoms with van der Waals surface area (Å²) in [7, 11) is 0. The predicted molar refractivity (Wildman–Crippen MR) is 46.8 cm³/mol. The van der Waals surface area contributed by atoms with E-state index in [1.165, 1.54) is 0 Å². The molecule has 0 bridgehead atoms. The molecular weight excluding hydrogens is 199 g/mol. The van der Waals surface area contributed by atoms with Crippen LogP contribution in [0.3, 0.4) is 0 Å². The van der Waals surface area contributed by atoms with Crippen molar-refractivity contribution < 1.29 is 13.2 Å². The third kappa shape index (κ3) is 2.18. The molecule has 0 saturated heterocycles. The van der Waals surface area contributed by atoms with E-state index in [9.17, 15) is 13.2 Å². The van der Waals surface area contributed by atoms with Crippen molar-refractivity contribution in [3.8, 4) is 0 Å². The Bertz CT molecular complexity index is 351. The van der Waals surface area contributed by atoms with E-state index >= 15 is 0 Å². The molecule has 1 rings (SSSR count). The quantitative estimate of drug-likeness (QED) is 0.589. The summed E-state index contributed by atoms with van der Waals surface area (Å²) < 4.78 is 37.9. The van der Waals surface area contributed by atoms with Crippen molar-refractivity contribution in [3.63, 3.8) is 0 Å². The monoisotopic (exact) mass is 205 g/mol. The molecule has 0 fully saturated rings. The molecule has 0 aliphatic heterocycles. The van der Waals surface area contributed by atoms with Gasteiger partial charge in [-0.25, -0.2) is 13.2 Å². The molecule has 0 aromatic heterocycles. The fourth-order valence-corrected chi connectivity index (χ4v) is 1.05. The highest BCUT2D eigenvalue weighted by atomic mass is 32.1. The SMILES string of the molecule is NC(=S)Cc1ccc(F)c(F)c1F. The summed E-state index contributed by atoms with van der Waals surface area (Å²) in [6.45, 7) is 0. The van der Waals surface area contributed by atoms with Gasteiger partial charge in [-0.05, 0) is 11.6 Å². The number of benzene rings is 1. The molecule has 2 N–H and O–H groups in total. The van der Waals surface area contributed by atoms with Crippen molar-refractivity contribution in [3.05, 3.63) is 35.1 Å². The lowest BCUT2D eigenvalue weighted by Crippen LogP contribution is -2.13. The van der Waals surface area contributed by atoms with Crippen molar-refractivity contribution in [2.45, 2.75) is 6.42 Å². The van der Waals surface area contributed by atoms with E-state index in [-0.39, 0.29) is 17.0 Å². The van der Waals surface area contributed by atoms with Gasteiger partial charge in [-0.15, -0.1) is 0 Å². The minimum atomic E-state index is -1.49. The molecule has 0 aliphatic rings. The molecule has 1 aromatic rings. The molecule has 0 saturated carbocycles. The first-order chi connectivity index (χ1) is 6.02. The van der Waals surface area contributed by atoms with Gasteiger partial charge in [0.2, 0.25) is 0 Å². The molecule has 13 heavy (non-hydrogen) atoms. The van der Waals surface area contributed by atoms with Crippen LogP contribution in [0.25, 0.3) is 0 Å². The van der Waals surface area contributed by atoms with Crippen molar-refractivity contribution in [2.75, 3.05) is 0 Å². The average molecular weight is 205 g/mol. The summed E-state index contributed by atoms with van der Waals surface area (Å²) >= 11 is 4.51. The molecule has 5 heteroatoms. The fourth-order valence-electron chi connectivity index (χ4n) is 0.890. The minimum Gasteiger partial charge on any atom is -0.393 e. The number of nitrogens with two attached hydrogens (primary N) is 1. The third-order valence-corrected chi connectivity index (χ3v) is 1.62. The molecule has 0 amide bonds. The maximum Gasteiger partial charge on any atom is 0.194 e. The normalized spacial score (nSPS) is 10.1. The van der Waals surface area contributed by atoms with Gasteiger partial charge < -0.3 is 5.73 Å². The van der Waals surface area contributed by atoms with Crippen molar-refractivity contribution in [2.24, 2.45) is 5.73 Å². The van der Waals surface area contributed by atoms with Gasteiger partial charge in [-0.3, -0.25) is 0 Å². The van der Waals surface area contributed by atoms with E-state index in [1.807, 2.05) is 0 Å². The number of thiocarbonyl (C=S) groups is 1. The molecule has 70 valence electrons. The Morgan fingerprint density at radius 3 is 2.38 bits per heavy atom. The zero-order valence-corrected chi connectivity index (χ0v) is 7.30. The number of hydrogen-bond acceptors (Lipinski definition) is 1. The largest absolute Gasteiger partial charge is 0.393 e. The summed E-state index contributed by atoms with van der Waals surface area (Å²) in [5.41, 5.74) is 5.09. The zero-order chi connectivity index (χ0) is 10.0. The van der Waals surface area contributed by atoms with Crippen LogP contribution in [0, 0.1) is 17.5 Å².